The van der Waals surface area contributed by atoms with E-state index < -0.39 is 6.04 Å². The molecule has 2 unspecified atom stereocenters. The van der Waals surface area contributed by atoms with E-state index in [-0.39, 0.29) is 17.9 Å². The maximum absolute atomic E-state index is 12.1. The van der Waals surface area contributed by atoms with Gasteiger partial charge in [0, 0.05) is 6.92 Å². The lowest BCUT2D eigenvalue weighted by atomic mass is 9.97. The van der Waals surface area contributed by atoms with Crippen molar-refractivity contribution in [3.05, 3.63) is 35.9 Å². The molecular weight excluding hydrogens is 252 g/mol. The van der Waals surface area contributed by atoms with Gasteiger partial charge in [0.05, 0.1) is 6.04 Å². The van der Waals surface area contributed by atoms with Gasteiger partial charge < -0.3 is 10.6 Å². The van der Waals surface area contributed by atoms with E-state index in [9.17, 15) is 9.59 Å². The maximum atomic E-state index is 12.1. The summed E-state index contributed by atoms with van der Waals surface area (Å²) in [7, 11) is 0. The summed E-state index contributed by atoms with van der Waals surface area (Å²) in [5.74, 6) is 0.110. The van der Waals surface area contributed by atoms with E-state index >= 15 is 0 Å². The van der Waals surface area contributed by atoms with Gasteiger partial charge in [0.25, 0.3) is 0 Å². The first-order valence-electron chi connectivity index (χ1n) is 7.02. The Kier molecular flexibility index (Phi) is 6.22. The van der Waals surface area contributed by atoms with Crippen molar-refractivity contribution in [2.45, 2.75) is 46.2 Å². The second-order valence-corrected chi connectivity index (χ2v) is 5.52. The Balaban J connectivity index is 2.75. The number of hydrogen-bond acceptors (Lipinski definition) is 2. The van der Waals surface area contributed by atoms with Crippen LogP contribution in [0.25, 0.3) is 0 Å². The summed E-state index contributed by atoms with van der Waals surface area (Å²) < 4.78 is 0. The van der Waals surface area contributed by atoms with Gasteiger partial charge in [0.2, 0.25) is 11.8 Å². The third kappa shape index (κ3) is 5.43. The second-order valence-electron chi connectivity index (χ2n) is 5.52. The molecule has 2 N–H and O–H groups in total. The van der Waals surface area contributed by atoms with Crippen molar-refractivity contribution < 1.29 is 9.59 Å². The van der Waals surface area contributed by atoms with Crippen LogP contribution in [0.5, 0.6) is 0 Å². The smallest absolute Gasteiger partial charge is 0.242 e. The molecule has 0 fully saturated rings. The van der Waals surface area contributed by atoms with Gasteiger partial charge in [-0.3, -0.25) is 9.59 Å². The van der Waals surface area contributed by atoms with Crippen molar-refractivity contribution in [2.75, 3.05) is 0 Å². The van der Waals surface area contributed by atoms with Crippen molar-refractivity contribution in [2.24, 2.45) is 5.92 Å². The molecule has 4 nitrogen and oxygen atoms in total. The number of carbonyl (C=O) groups is 2. The number of nitrogens with one attached hydrogen (secondary N) is 2. The van der Waals surface area contributed by atoms with E-state index in [0.717, 1.165) is 12.0 Å². The van der Waals surface area contributed by atoms with Gasteiger partial charge >= 0.3 is 0 Å². The van der Waals surface area contributed by atoms with Gasteiger partial charge in [-0.1, -0.05) is 44.2 Å². The predicted octanol–water partition coefficient (Wildman–Crippen LogP) is 2.41. The minimum absolute atomic E-state index is 0.0279. The first kappa shape index (κ1) is 16.2. The average Bonchev–Trinajstić information content (AvgIpc) is 2.37. The zero-order chi connectivity index (χ0) is 15.1. The van der Waals surface area contributed by atoms with Gasteiger partial charge in [0.1, 0.15) is 6.04 Å². The monoisotopic (exact) mass is 276 g/mol. The van der Waals surface area contributed by atoms with E-state index in [1.165, 1.54) is 6.92 Å². The molecule has 0 bridgehead atoms. The quantitative estimate of drug-likeness (QED) is 0.838. The average molecular weight is 276 g/mol. The van der Waals surface area contributed by atoms with E-state index in [1.54, 1.807) is 6.92 Å². The molecule has 0 radical (unpaired) electrons. The van der Waals surface area contributed by atoms with Crippen LogP contribution in [-0.4, -0.2) is 17.9 Å². The largest absolute Gasteiger partial charge is 0.348 e. The maximum Gasteiger partial charge on any atom is 0.242 e. The Bertz CT molecular complexity index is 443. The fourth-order valence-electron chi connectivity index (χ4n) is 2.10. The van der Waals surface area contributed by atoms with Crippen LogP contribution in [0.2, 0.25) is 0 Å². The van der Waals surface area contributed by atoms with E-state index in [1.807, 2.05) is 30.3 Å². The van der Waals surface area contributed by atoms with Crippen molar-refractivity contribution in [1.82, 2.24) is 10.6 Å². The lowest BCUT2D eigenvalue weighted by Gasteiger charge is -2.23. The molecular formula is C16H24N2O2. The topological polar surface area (TPSA) is 58.2 Å². The van der Waals surface area contributed by atoms with Crippen LogP contribution in [0.4, 0.5) is 0 Å². The van der Waals surface area contributed by atoms with Gasteiger partial charge in [-0.15, -0.1) is 0 Å². The highest BCUT2D eigenvalue weighted by atomic mass is 16.2. The molecule has 0 aliphatic heterocycles. The Labute approximate surface area is 121 Å². The molecule has 0 spiro atoms. The molecule has 1 aromatic carbocycles. The zero-order valence-corrected chi connectivity index (χ0v) is 12.6. The van der Waals surface area contributed by atoms with Crippen LogP contribution in [0, 0.1) is 5.92 Å². The molecule has 110 valence electrons. The molecule has 0 heterocycles. The Morgan fingerprint density at radius 3 is 2.15 bits per heavy atom. The highest BCUT2D eigenvalue weighted by molar-refractivity contribution is 5.86. The van der Waals surface area contributed by atoms with Crippen LogP contribution in [-0.2, 0) is 9.59 Å². The SMILES string of the molecule is CC(=O)NC(C)C(=O)NC(CC(C)C)c1ccccc1. The number of benzene rings is 1. The summed E-state index contributed by atoms with van der Waals surface area (Å²) in [6.45, 7) is 7.35. The predicted molar refractivity (Wildman–Crippen MR) is 80.1 cm³/mol. The van der Waals surface area contributed by atoms with E-state index in [4.69, 9.17) is 0 Å². The number of rotatable bonds is 6. The Morgan fingerprint density at radius 1 is 1.05 bits per heavy atom. The molecule has 0 aliphatic carbocycles. The molecule has 2 amide bonds. The summed E-state index contributed by atoms with van der Waals surface area (Å²) in [5.41, 5.74) is 1.09. The van der Waals surface area contributed by atoms with Crippen molar-refractivity contribution in [3.8, 4) is 0 Å². The standard InChI is InChI=1S/C16H24N2O2/c1-11(2)10-15(14-8-6-5-7-9-14)18-16(20)12(3)17-13(4)19/h5-9,11-12,15H,10H2,1-4H3,(H,17,19)(H,18,20). The van der Waals surface area contributed by atoms with Crippen LogP contribution in [0.15, 0.2) is 30.3 Å². The van der Waals surface area contributed by atoms with Crippen LogP contribution >= 0.6 is 0 Å². The number of carbonyl (C=O) groups excluding carboxylic acids is 2. The normalized spacial score (nSPS) is 13.7. The summed E-state index contributed by atoms with van der Waals surface area (Å²) in [6, 6.07) is 9.36. The fourth-order valence-corrected chi connectivity index (χ4v) is 2.10. The highest BCUT2D eigenvalue weighted by Crippen LogP contribution is 2.21. The molecule has 1 aromatic rings. The molecule has 0 saturated carbocycles. The van der Waals surface area contributed by atoms with Crippen molar-refractivity contribution in [3.63, 3.8) is 0 Å². The summed E-state index contributed by atoms with van der Waals surface area (Å²) in [5, 5.41) is 5.62. The molecule has 2 atom stereocenters. The molecule has 4 heteroatoms. The zero-order valence-electron chi connectivity index (χ0n) is 12.6. The molecule has 1 rings (SSSR count). The minimum atomic E-state index is -0.522. The third-order valence-corrected chi connectivity index (χ3v) is 3.04. The van der Waals surface area contributed by atoms with Gasteiger partial charge in [0.15, 0.2) is 0 Å². The van der Waals surface area contributed by atoms with Gasteiger partial charge in [-0.05, 0) is 24.8 Å². The van der Waals surface area contributed by atoms with Crippen LogP contribution < -0.4 is 10.6 Å². The van der Waals surface area contributed by atoms with Crippen LogP contribution in [0.1, 0.15) is 45.7 Å². The van der Waals surface area contributed by atoms with E-state index in [2.05, 4.69) is 24.5 Å². The number of amides is 2. The van der Waals surface area contributed by atoms with Crippen LogP contribution in [0.3, 0.4) is 0 Å². The number of hydrogen-bond donors (Lipinski definition) is 2. The minimum Gasteiger partial charge on any atom is -0.348 e. The highest BCUT2D eigenvalue weighted by Gasteiger charge is 2.20. The first-order chi connectivity index (χ1) is 9.40. The third-order valence-electron chi connectivity index (χ3n) is 3.04. The molecule has 0 aliphatic rings. The lowest BCUT2D eigenvalue weighted by molar-refractivity contribution is -0.128. The van der Waals surface area contributed by atoms with Crippen molar-refractivity contribution >= 4 is 11.8 Å². The second kappa shape index (κ2) is 7.68. The summed E-state index contributed by atoms with van der Waals surface area (Å²) >= 11 is 0. The lowest BCUT2D eigenvalue weighted by Crippen LogP contribution is -2.45. The fraction of sp³-hybridized carbons (Fsp3) is 0.500. The Hall–Kier alpha value is -1.84. The van der Waals surface area contributed by atoms with E-state index in [0.29, 0.717) is 5.92 Å². The summed E-state index contributed by atoms with van der Waals surface area (Å²) in [4.78, 5) is 23.1. The van der Waals surface area contributed by atoms with Gasteiger partial charge in [-0.2, -0.15) is 0 Å². The molecule has 20 heavy (non-hydrogen) atoms. The molecule has 0 saturated heterocycles. The molecule has 0 aromatic heterocycles. The van der Waals surface area contributed by atoms with Crippen molar-refractivity contribution in [1.29, 1.82) is 0 Å². The first-order valence-corrected chi connectivity index (χ1v) is 7.02. The Morgan fingerprint density at radius 2 is 1.65 bits per heavy atom. The van der Waals surface area contributed by atoms with Gasteiger partial charge in [-0.25, -0.2) is 0 Å². The summed E-state index contributed by atoms with van der Waals surface area (Å²) in [6.07, 6.45) is 0.864.